The van der Waals surface area contributed by atoms with Gasteiger partial charge in [0, 0.05) is 40.8 Å². The maximum absolute atomic E-state index is 11.5. The average molecular weight is 432 g/mol. The molecule has 3 heterocycles. The van der Waals surface area contributed by atoms with Crippen molar-refractivity contribution in [3.05, 3.63) is 53.7 Å². The van der Waals surface area contributed by atoms with E-state index in [4.69, 9.17) is 4.98 Å². The van der Waals surface area contributed by atoms with E-state index < -0.39 is 0 Å². The SMILES string of the molecule is CC(=O)NCCc1c(-c2ccccc2)[nH]c2ncc3c(c12)C=CC(C1CCCCC1)S3. The molecule has 0 spiro atoms. The van der Waals surface area contributed by atoms with Crippen molar-refractivity contribution in [3.8, 4) is 11.3 Å². The van der Waals surface area contributed by atoms with Crippen molar-refractivity contribution in [3.63, 3.8) is 0 Å². The van der Waals surface area contributed by atoms with Crippen molar-refractivity contribution in [1.29, 1.82) is 0 Å². The van der Waals surface area contributed by atoms with E-state index in [2.05, 4.69) is 46.7 Å². The van der Waals surface area contributed by atoms with Crippen LogP contribution in [0.2, 0.25) is 0 Å². The first-order valence-electron chi connectivity index (χ1n) is 11.4. The van der Waals surface area contributed by atoms with Gasteiger partial charge in [0.1, 0.15) is 5.65 Å². The van der Waals surface area contributed by atoms with E-state index in [1.165, 1.54) is 53.5 Å². The van der Waals surface area contributed by atoms with E-state index in [0.717, 1.165) is 29.2 Å². The molecular weight excluding hydrogens is 402 g/mol. The van der Waals surface area contributed by atoms with Crippen molar-refractivity contribution in [2.45, 2.75) is 55.6 Å². The number of nitrogens with one attached hydrogen (secondary N) is 2. The third kappa shape index (κ3) is 4.16. The van der Waals surface area contributed by atoms with Crippen molar-refractivity contribution < 1.29 is 4.79 Å². The maximum Gasteiger partial charge on any atom is 0.216 e. The number of aromatic nitrogens is 2. The number of benzene rings is 1. The minimum absolute atomic E-state index is 0.00651. The van der Waals surface area contributed by atoms with E-state index in [0.29, 0.717) is 11.8 Å². The standard InChI is InChI=1S/C26H29N3OS/c1-17(30)27-15-14-21-24-20-12-13-22(18-8-4-2-5-9-18)31-23(20)16-28-26(24)29-25(21)19-10-6-3-7-11-19/h3,6-7,10-13,16,18,22H,2,4-5,8-9,14-15H2,1H3,(H,27,30)(H,28,29). The first-order chi connectivity index (χ1) is 15.2. The number of hydrogen-bond acceptors (Lipinski definition) is 3. The van der Waals surface area contributed by atoms with E-state index in [9.17, 15) is 4.79 Å². The second-order valence-corrected chi connectivity index (χ2v) is 9.90. The molecule has 2 aromatic heterocycles. The Balaban J connectivity index is 1.56. The Kier molecular flexibility index (Phi) is 5.86. The molecule has 1 atom stereocenters. The summed E-state index contributed by atoms with van der Waals surface area (Å²) in [6, 6.07) is 10.4. The van der Waals surface area contributed by atoms with Gasteiger partial charge < -0.3 is 10.3 Å². The lowest BCUT2D eigenvalue weighted by Gasteiger charge is -2.30. The molecule has 2 N–H and O–H groups in total. The maximum atomic E-state index is 11.5. The highest BCUT2D eigenvalue weighted by molar-refractivity contribution is 8.00. The van der Waals surface area contributed by atoms with Crippen LogP contribution in [-0.2, 0) is 11.2 Å². The fourth-order valence-electron chi connectivity index (χ4n) is 5.04. The highest BCUT2D eigenvalue weighted by Crippen LogP contribution is 2.44. The predicted octanol–water partition coefficient (Wildman–Crippen LogP) is 5.98. The molecule has 1 aromatic carbocycles. The smallest absolute Gasteiger partial charge is 0.216 e. The molecule has 1 unspecified atom stereocenters. The molecule has 3 aromatic rings. The van der Waals surface area contributed by atoms with Crippen molar-refractivity contribution in [2.75, 3.05) is 6.54 Å². The lowest BCUT2D eigenvalue weighted by molar-refractivity contribution is -0.118. The highest BCUT2D eigenvalue weighted by Gasteiger charge is 2.27. The molecule has 0 bridgehead atoms. The van der Waals surface area contributed by atoms with Gasteiger partial charge in [-0.25, -0.2) is 4.98 Å². The van der Waals surface area contributed by atoms with Crippen LogP contribution in [0.4, 0.5) is 0 Å². The number of hydrogen-bond donors (Lipinski definition) is 2. The number of amides is 1. The number of aromatic amines is 1. The summed E-state index contributed by atoms with van der Waals surface area (Å²) < 4.78 is 0. The van der Waals surface area contributed by atoms with Crippen molar-refractivity contribution >= 4 is 34.8 Å². The van der Waals surface area contributed by atoms with Gasteiger partial charge in [-0.1, -0.05) is 61.7 Å². The third-order valence-corrected chi connectivity index (χ3v) is 7.96. The molecule has 0 radical (unpaired) electrons. The van der Waals surface area contributed by atoms with Crippen LogP contribution in [0.25, 0.3) is 28.4 Å². The van der Waals surface area contributed by atoms with Crippen LogP contribution in [-0.4, -0.2) is 27.7 Å². The Hall–Kier alpha value is -2.53. The van der Waals surface area contributed by atoms with Crippen molar-refractivity contribution in [1.82, 2.24) is 15.3 Å². The van der Waals surface area contributed by atoms with Gasteiger partial charge in [0.25, 0.3) is 0 Å². The summed E-state index contributed by atoms with van der Waals surface area (Å²) in [7, 11) is 0. The summed E-state index contributed by atoms with van der Waals surface area (Å²) in [6.45, 7) is 2.19. The van der Waals surface area contributed by atoms with Crippen LogP contribution in [0.15, 0.2) is 47.5 Å². The van der Waals surface area contributed by atoms with Gasteiger partial charge in [-0.05, 0) is 36.3 Å². The monoisotopic (exact) mass is 431 g/mol. The normalized spacial score (nSPS) is 18.8. The highest BCUT2D eigenvalue weighted by atomic mass is 32.2. The molecule has 2 aliphatic rings. The number of fused-ring (bicyclic) bond motifs is 3. The van der Waals surface area contributed by atoms with Crippen LogP contribution in [0.3, 0.4) is 0 Å². The summed E-state index contributed by atoms with van der Waals surface area (Å²) in [4.78, 5) is 21.1. The Labute approximate surface area is 187 Å². The molecule has 0 saturated heterocycles. The molecule has 1 aliphatic carbocycles. The Morgan fingerprint density at radius 2 is 2.00 bits per heavy atom. The number of H-pyrrole nitrogens is 1. The summed E-state index contributed by atoms with van der Waals surface area (Å²) in [5.41, 5.74) is 5.70. The summed E-state index contributed by atoms with van der Waals surface area (Å²) >= 11 is 1.99. The lowest BCUT2D eigenvalue weighted by atomic mass is 9.86. The fraction of sp³-hybridized carbons (Fsp3) is 0.385. The molecule has 4 nitrogen and oxygen atoms in total. The van der Waals surface area contributed by atoms with E-state index >= 15 is 0 Å². The summed E-state index contributed by atoms with van der Waals surface area (Å²) in [5, 5.41) is 4.72. The van der Waals surface area contributed by atoms with Gasteiger partial charge in [-0.3, -0.25) is 4.79 Å². The van der Waals surface area contributed by atoms with Gasteiger partial charge >= 0.3 is 0 Å². The van der Waals surface area contributed by atoms with Crippen LogP contribution < -0.4 is 5.32 Å². The third-order valence-electron chi connectivity index (χ3n) is 6.57. The molecule has 160 valence electrons. The first-order valence-corrected chi connectivity index (χ1v) is 12.3. The van der Waals surface area contributed by atoms with E-state index in [1.807, 2.05) is 24.0 Å². The summed E-state index contributed by atoms with van der Waals surface area (Å²) in [6.07, 6.45) is 14.4. The molecule has 1 amide bonds. The van der Waals surface area contributed by atoms with Crippen molar-refractivity contribution in [2.24, 2.45) is 5.92 Å². The number of thioether (sulfide) groups is 1. The van der Waals surface area contributed by atoms with Crippen LogP contribution in [0.1, 0.15) is 50.2 Å². The van der Waals surface area contributed by atoms with Gasteiger partial charge in [0.15, 0.2) is 0 Å². The zero-order valence-electron chi connectivity index (χ0n) is 18.0. The molecule has 5 heteroatoms. The molecule has 1 fully saturated rings. The number of carbonyl (C=O) groups excluding carboxylic acids is 1. The topological polar surface area (TPSA) is 57.8 Å². The molecule has 1 saturated carbocycles. The number of carbonyl (C=O) groups is 1. The molecule has 5 rings (SSSR count). The van der Waals surface area contributed by atoms with E-state index in [1.54, 1.807) is 6.92 Å². The lowest BCUT2D eigenvalue weighted by Crippen LogP contribution is -2.22. The largest absolute Gasteiger partial charge is 0.356 e. The Morgan fingerprint density at radius 3 is 2.77 bits per heavy atom. The van der Waals surface area contributed by atoms with Gasteiger partial charge in [-0.15, -0.1) is 11.8 Å². The minimum Gasteiger partial charge on any atom is -0.356 e. The zero-order valence-corrected chi connectivity index (χ0v) is 18.8. The molecule has 31 heavy (non-hydrogen) atoms. The number of rotatable bonds is 5. The second kappa shape index (κ2) is 8.91. The zero-order chi connectivity index (χ0) is 21.2. The van der Waals surface area contributed by atoms with Gasteiger partial charge in [0.05, 0.1) is 5.69 Å². The summed E-state index contributed by atoms with van der Waals surface area (Å²) in [5.74, 6) is 0.788. The Morgan fingerprint density at radius 1 is 1.19 bits per heavy atom. The van der Waals surface area contributed by atoms with Crippen LogP contribution in [0, 0.1) is 5.92 Å². The number of nitrogens with zero attached hydrogens (tertiary/aromatic N) is 1. The van der Waals surface area contributed by atoms with Crippen LogP contribution in [0.5, 0.6) is 0 Å². The van der Waals surface area contributed by atoms with Gasteiger partial charge in [-0.2, -0.15) is 0 Å². The molecular formula is C26H29N3OS. The minimum atomic E-state index is 0.00651. The second-order valence-electron chi connectivity index (χ2n) is 8.68. The predicted molar refractivity (Wildman–Crippen MR) is 129 cm³/mol. The fourth-order valence-corrected chi connectivity index (χ4v) is 6.37. The average Bonchev–Trinajstić information content (AvgIpc) is 3.18. The van der Waals surface area contributed by atoms with E-state index in [-0.39, 0.29) is 5.91 Å². The Bertz CT molecular complexity index is 1110. The van der Waals surface area contributed by atoms with Gasteiger partial charge in [0.2, 0.25) is 5.91 Å². The molecule has 1 aliphatic heterocycles. The van der Waals surface area contributed by atoms with Crippen LogP contribution >= 0.6 is 11.8 Å². The first kappa shape index (κ1) is 20.4. The quantitative estimate of drug-likeness (QED) is 0.523. The number of pyridine rings is 1.